The van der Waals surface area contributed by atoms with Crippen molar-refractivity contribution >= 4 is 11.8 Å². The molecule has 3 N–H and O–H groups in total. The summed E-state index contributed by atoms with van der Waals surface area (Å²) in [6.45, 7) is 1.69. The number of phenolic OH excluding ortho intramolecular Hbond substituents is 3. The van der Waals surface area contributed by atoms with Crippen LogP contribution in [0.2, 0.25) is 0 Å². The number of carbonyl (C=O) groups is 2. The number of nitrogens with zero attached hydrogens (tertiary/aromatic N) is 2. The topological polar surface area (TPSA) is 120 Å². The second-order valence-electron chi connectivity index (χ2n) is 6.87. The number of hydrogen-bond donors (Lipinski definition) is 3. The molecule has 0 unspecified atom stereocenters. The highest BCUT2D eigenvalue weighted by atomic mass is 16.7. The quantitative estimate of drug-likeness (QED) is 0.654. The lowest BCUT2D eigenvalue weighted by atomic mass is 10.1. The molecule has 2 aromatic rings. The van der Waals surface area contributed by atoms with Crippen molar-refractivity contribution in [1.82, 2.24) is 9.80 Å². The van der Waals surface area contributed by atoms with Gasteiger partial charge in [0.05, 0.1) is 0 Å². The average Bonchev–Trinajstić information content (AvgIpc) is 3.05. The summed E-state index contributed by atoms with van der Waals surface area (Å²) < 4.78 is 10.6. The number of carbonyl (C=O) groups excluding carboxylic acids is 2. The summed E-state index contributed by atoms with van der Waals surface area (Å²) in [6.07, 6.45) is 0.581. The van der Waals surface area contributed by atoms with Gasteiger partial charge in [-0.3, -0.25) is 9.59 Å². The monoisotopic (exact) mass is 400 g/mol. The molecule has 2 amide bonds. The van der Waals surface area contributed by atoms with Crippen molar-refractivity contribution in [2.75, 3.05) is 33.0 Å². The van der Waals surface area contributed by atoms with Crippen LogP contribution in [0.1, 0.15) is 27.1 Å². The van der Waals surface area contributed by atoms with Crippen LogP contribution < -0.4 is 9.47 Å². The molecule has 1 fully saturated rings. The standard InChI is InChI=1S/C20H20N2O7/c23-14-8-13(9-15(24)18(14)25)20(27)22-5-1-4-21(6-7-22)19(26)12-2-3-16-17(10-12)29-11-28-16/h2-3,8-10,23-25H,1,4-7,11H2. The zero-order valence-electron chi connectivity index (χ0n) is 15.5. The van der Waals surface area contributed by atoms with Crippen LogP contribution in [0.15, 0.2) is 30.3 Å². The second kappa shape index (κ2) is 7.42. The molecule has 29 heavy (non-hydrogen) atoms. The Morgan fingerprint density at radius 3 is 2.00 bits per heavy atom. The van der Waals surface area contributed by atoms with Crippen LogP contribution in [0.5, 0.6) is 28.7 Å². The zero-order valence-corrected chi connectivity index (χ0v) is 15.5. The predicted octanol–water partition coefficient (Wildman–Crippen LogP) is 1.52. The molecule has 1 saturated heterocycles. The maximum absolute atomic E-state index is 12.9. The molecule has 2 aromatic carbocycles. The Labute approximate surface area is 166 Å². The van der Waals surface area contributed by atoms with E-state index >= 15 is 0 Å². The van der Waals surface area contributed by atoms with Crippen LogP contribution in [0.25, 0.3) is 0 Å². The van der Waals surface area contributed by atoms with Crippen molar-refractivity contribution in [3.63, 3.8) is 0 Å². The summed E-state index contributed by atoms with van der Waals surface area (Å²) >= 11 is 0. The van der Waals surface area contributed by atoms with E-state index in [0.29, 0.717) is 49.7 Å². The van der Waals surface area contributed by atoms with Crippen LogP contribution in [-0.2, 0) is 0 Å². The Kier molecular flexibility index (Phi) is 4.79. The molecule has 152 valence electrons. The molecule has 0 spiro atoms. The first-order valence-corrected chi connectivity index (χ1v) is 9.17. The summed E-state index contributed by atoms with van der Waals surface area (Å²) in [5, 5.41) is 28.7. The maximum Gasteiger partial charge on any atom is 0.254 e. The van der Waals surface area contributed by atoms with Gasteiger partial charge >= 0.3 is 0 Å². The van der Waals surface area contributed by atoms with Crippen LogP contribution in [0, 0.1) is 0 Å². The van der Waals surface area contributed by atoms with Gasteiger partial charge in [0.2, 0.25) is 6.79 Å². The first-order valence-electron chi connectivity index (χ1n) is 9.17. The third-order valence-corrected chi connectivity index (χ3v) is 5.01. The molecule has 9 nitrogen and oxygen atoms in total. The Bertz CT molecular complexity index is 952. The molecule has 2 aliphatic heterocycles. The molecular weight excluding hydrogens is 380 g/mol. The van der Waals surface area contributed by atoms with Gasteiger partial charge in [-0.25, -0.2) is 0 Å². The van der Waals surface area contributed by atoms with E-state index in [0.717, 1.165) is 12.1 Å². The van der Waals surface area contributed by atoms with Gasteiger partial charge in [-0.1, -0.05) is 0 Å². The van der Waals surface area contributed by atoms with Gasteiger partial charge in [-0.05, 0) is 36.8 Å². The molecule has 9 heteroatoms. The Balaban J connectivity index is 1.45. The summed E-state index contributed by atoms with van der Waals surface area (Å²) in [6, 6.07) is 7.26. The molecule has 0 atom stereocenters. The van der Waals surface area contributed by atoms with E-state index < -0.39 is 23.2 Å². The second-order valence-corrected chi connectivity index (χ2v) is 6.87. The number of aromatic hydroxyl groups is 3. The first-order chi connectivity index (χ1) is 13.9. The van der Waals surface area contributed by atoms with E-state index in [9.17, 15) is 24.9 Å². The highest BCUT2D eigenvalue weighted by Gasteiger charge is 2.26. The minimum atomic E-state index is -0.669. The van der Waals surface area contributed by atoms with E-state index in [2.05, 4.69) is 0 Å². The highest BCUT2D eigenvalue weighted by Crippen LogP contribution is 2.36. The number of fused-ring (bicyclic) bond motifs is 1. The van der Waals surface area contributed by atoms with Crippen LogP contribution in [0.4, 0.5) is 0 Å². The molecular formula is C20H20N2O7. The van der Waals surface area contributed by atoms with Gasteiger partial charge in [0.15, 0.2) is 28.7 Å². The van der Waals surface area contributed by atoms with E-state index in [1.807, 2.05) is 0 Å². The zero-order chi connectivity index (χ0) is 20.5. The lowest BCUT2D eigenvalue weighted by Gasteiger charge is -2.22. The Morgan fingerprint density at radius 1 is 0.759 bits per heavy atom. The summed E-state index contributed by atoms with van der Waals surface area (Å²) in [5.74, 6) is -1.21. The smallest absolute Gasteiger partial charge is 0.254 e. The Hall–Kier alpha value is -3.62. The van der Waals surface area contributed by atoms with Crippen molar-refractivity contribution in [2.45, 2.75) is 6.42 Å². The summed E-state index contributed by atoms with van der Waals surface area (Å²) in [7, 11) is 0. The SMILES string of the molecule is O=C(c1cc(O)c(O)c(O)c1)N1CCCN(C(=O)c2ccc3c(c2)OCO3)CC1. The fourth-order valence-electron chi connectivity index (χ4n) is 3.45. The molecule has 0 aliphatic carbocycles. The summed E-state index contributed by atoms with van der Waals surface area (Å²) in [4.78, 5) is 28.8. The molecule has 2 aliphatic rings. The van der Waals surface area contributed by atoms with E-state index in [1.54, 1.807) is 28.0 Å². The van der Waals surface area contributed by atoms with Gasteiger partial charge in [-0.15, -0.1) is 0 Å². The van der Waals surface area contributed by atoms with Crippen LogP contribution >= 0.6 is 0 Å². The van der Waals surface area contributed by atoms with Crippen molar-refractivity contribution in [3.05, 3.63) is 41.5 Å². The van der Waals surface area contributed by atoms with Crippen molar-refractivity contribution in [2.24, 2.45) is 0 Å². The van der Waals surface area contributed by atoms with Gasteiger partial charge in [0.25, 0.3) is 11.8 Å². The predicted molar refractivity (Wildman–Crippen MR) is 100 cm³/mol. The molecule has 0 bridgehead atoms. The molecule has 4 rings (SSSR count). The highest BCUT2D eigenvalue weighted by molar-refractivity contribution is 5.96. The fourth-order valence-corrected chi connectivity index (χ4v) is 3.45. The number of amides is 2. The van der Waals surface area contributed by atoms with Gasteiger partial charge in [-0.2, -0.15) is 0 Å². The average molecular weight is 400 g/mol. The van der Waals surface area contributed by atoms with E-state index in [4.69, 9.17) is 9.47 Å². The van der Waals surface area contributed by atoms with Crippen molar-refractivity contribution in [1.29, 1.82) is 0 Å². The van der Waals surface area contributed by atoms with Crippen molar-refractivity contribution < 1.29 is 34.4 Å². The molecule has 0 radical (unpaired) electrons. The molecule has 0 saturated carbocycles. The number of phenols is 3. The van der Waals surface area contributed by atoms with Crippen molar-refractivity contribution in [3.8, 4) is 28.7 Å². The number of hydrogen-bond acceptors (Lipinski definition) is 7. The van der Waals surface area contributed by atoms with Crippen LogP contribution in [-0.4, -0.2) is 69.9 Å². The summed E-state index contributed by atoms with van der Waals surface area (Å²) in [5.41, 5.74) is 0.552. The lowest BCUT2D eigenvalue weighted by molar-refractivity contribution is 0.0718. The third kappa shape index (κ3) is 3.58. The number of ether oxygens (including phenoxy) is 2. The normalized spacial score (nSPS) is 15.9. The van der Waals surface area contributed by atoms with E-state index in [1.165, 1.54) is 0 Å². The van der Waals surface area contributed by atoms with Gasteiger partial charge in [0, 0.05) is 37.3 Å². The number of benzene rings is 2. The fraction of sp³-hybridized carbons (Fsp3) is 0.300. The first kappa shape index (κ1) is 18.7. The number of rotatable bonds is 2. The molecule has 2 heterocycles. The van der Waals surface area contributed by atoms with E-state index in [-0.39, 0.29) is 18.3 Å². The largest absolute Gasteiger partial charge is 0.504 e. The minimum Gasteiger partial charge on any atom is -0.504 e. The van der Waals surface area contributed by atoms with Gasteiger partial charge < -0.3 is 34.6 Å². The lowest BCUT2D eigenvalue weighted by Crippen LogP contribution is -2.37. The molecule has 0 aromatic heterocycles. The minimum absolute atomic E-state index is 0.0633. The maximum atomic E-state index is 12.9. The Morgan fingerprint density at radius 2 is 1.34 bits per heavy atom. The third-order valence-electron chi connectivity index (χ3n) is 5.01. The van der Waals surface area contributed by atoms with Crippen LogP contribution in [0.3, 0.4) is 0 Å². The van der Waals surface area contributed by atoms with Gasteiger partial charge in [0.1, 0.15) is 0 Å².